The van der Waals surface area contributed by atoms with Crippen molar-refractivity contribution >= 4 is 0 Å². The van der Waals surface area contributed by atoms with E-state index in [4.69, 9.17) is 0 Å². The van der Waals surface area contributed by atoms with Crippen LogP contribution in [0.2, 0.25) is 0 Å². The van der Waals surface area contributed by atoms with Gasteiger partial charge in [-0.1, -0.05) is 0 Å². The van der Waals surface area contributed by atoms with Crippen molar-refractivity contribution in [2.24, 2.45) is 11.8 Å². The minimum atomic E-state index is 0.174. The van der Waals surface area contributed by atoms with E-state index in [1.54, 1.807) is 0 Å². The highest BCUT2D eigenvalue weighted by atomic mass is 17.3. The van der Waals surface area contributed by atoms with Gasteiger partial charge in [0, 0.05) is 0 Å². The van der Waals surface area contributed by atoms with E-state index in [9.17, 15) is 0 Å². The Morgan fingerprint density at radius 2 is 1.25 bits per heavy atom. The summed E-state index contributed by atoms with van der Waals surface area (Å²) in [5, 5.41) is 0. The Balaban J connectivity index is 2.53. The lowest BCUT2D eigenvalue weighted by Crippen LogP contribution is -2.10. The molecule has 0 bridgehead atoms. The molecule has 0 aliphatic heterocycles. The Bertz CT molecular complexity index is 37.0. The van der Waals surface area contributed by atoms with E-state index in [0.717, 1.165) is 0 Å². The average Bonchev–Trinajstić information content (AvgIpc) is 1.81. The maximum atomic E-state index is 4.46. The summed E-state index contributed by atoms with van der Waals surface area (Å²) in [4.78, 5) is 15.7. The molecule has 0 aliphatic rings. The zero-order valence-corrected chi connectivity index (χ0v) is 4.20. The van der Waals surface area contributed by atoms with Gasteiger partial charge in [0.05, 0.1) is 0 Å². The zero-order valence-electron chi connectivity index (χ0n) is 4.20. The summed E-state index contributed by atoms with van der Waals surface area (Å²) in [5.41, 5.74) is 0. The lowest BCUT2D eigenvalue weighted by Gasteiger charge is -1.96. The van der Waals surface area contributed by atoms with Gasteiger partial charge < -0.3 is 0 Å². The Labute approximate surface area is 46.0 Å². The lowest BCUT2D eigenvalue weighted by molar-refractivity contribution is -0.345. The third kappa shape index (κ3) is 5.76. The van der Waals surface area contributed by atoms with Crippen molar-refractivity contribution in [3.8, 4) is 0 Å². The SMILES string of the molecule is NOOCCOON. The average molecular weight is 124 g/mol. The fourth-order valence-corrected chi connectivity index (χ4v) is 0.164. The largest absolute Gasteiger partial charge is 0.216 e. The fraction of sp³-hybridized carbons (Fsp3) is 1.00. The van der Waals surface area contributed by atoms with Crippen molar-refractivity contribution in [2.75, 3.05) is 13.2 Å². The second-order valence-electron chi connectivity index (χ2n) is 0.836. The maximum Gasteiger partial charge on any atom is 0.111 e. The summed E-state index contributed by atoms with van der Waals surface area (Å²) >= 11 is 0. The Morgan fingerprint density at radius 1 is 0.875 bits per heavy atom. The van der Waals surface area contributed by atoms with Gasteiger partial charge >= 0.3 is 0 Å². The molecule has 0 aliphatic carbocycles. The van der Waals surface area contributed by atoms with E-state index < -0.39 is 0 Å². The quantitative estimate of drug-likeness (QED) is 0.267. The molecular weight excluding hydrogens is 116 g/mol. The summed E-state index contributed by atoms with van der Waals surface area (Å²) in [6.07, 6.45) is 0. The first kappa shape index (κ1) is 7.76. The predicted molar refractivity (Wildman–Crippen MR) is 22.4 cm³/mol. The van der Waals surface area contributed by atoms with Gasteiger partial charge in [-0.05, 0) is 0 Å². The molecule has 0 fully saturated rings. The van der Waals surface area contributed by atoms with Crippen molar-refractivity contribution in [3.05, 3.63) is 0 Å². The smallest absolute Gasteiger partial charge is 0.111 e. The molecule has 0 saturated heterocycles. The van der Waals surface area contributed by atoms with Gasteiger partial charge in [0.15, 0.2) is 0 Å². The molecule has 0 amide bonds. The molecule has 0 aromatic carbocycles. The van der Waals surface area contributed by atoms with Crippen molar-refractivity contribution in [1.82, 2.24) is 0 Å². The van der Waals surface area contributed by atoms with Crippen LogP contribution < -0.4 is 11.8 Å². The fourth-order valence-electron chi connectivity index (χ4n) is 0.164. The second kappa shape index (κ2) is 6.76. The molecule has 0 unspecified atom stereocenters. The summed E-state index contributed by atoms with van der Waals surface area (Å²) in [7, 11) is 0. The van der Waals surface area contributed by atoms with Crippen molar-refractivity contribution in [3.63, 3.8) is 0 Å². The van der Waals surface area contributed by atoms with Gasteiger partial charge in [-0.25, -0.2) is 9.78 Å². The summed E-state index contributed by atoms with van der Waals surface area (Å²) in [6.45, 7) is 0.349. The molecule has 0 rings (SSSR count). The Kier molecular flexibility index (Phi) is 6.56. The van der Waals surface area contributed by atoms with Gasteiger partial charge in [0.1, 0.15) is 13.2 Å². The molecule has 0 radical (unpaired) electrons. The van der Waals surface area contributed by atoms with Crippen LogP contribution in [0, 0.1) is 0 Å². The highest BCUT2D eigenvalue weighted by molar-refractivity contribution is 4.13. The molecule has 0 aromatic heterocycles. The number of nitrogens with two attached hydrogens (primary N) is 2. The van der Waals surface area contributed by atoms with E-state index in [0.29, 0.717) is 0 Å². The Morgan fingerprint density at radius 3 is 1.50 bits per heavy atom. The zero-order chi connectivity index (χ0) is 6.24. The molecule has 0 atom stereocenters. The molecule has 6 nitrogen and oxygen atoms in total. The normalized spacial score (nSPS) is 9.75. The van der Waals surface area contributed by atoms with Crippen LogP contribution in [0.15, 0.2) is 0 Å². The minimum Gasteiger partial charge on any atom is -0.216 e. The monoisotopic (exact) mass is 124 g/mol. The van der Waals surface area contributed by atoms with Crippen LogP contribution >= 0.6 is 0 Å². The van der Waals surface area contributed by atoms with Gasteiger partial charge in [0.25, 0.3) is 0 Å². The van der Waals surface area contributed by atoms with Crippen molar-refractivity contribution in [2.45, 2.75) is 0 Å². The van der Waals surface area contributed by atoms with E-state index in [2.05, 4.69) is 31.5 Å². The highest BCUT2D eigenvalue weighted by Crippen LogP contribution is 1.72. The van der Waals surface area contributed by atoms with E-state index in [1.165, 1.54) is 0 Å². The molecule has 50 valence electrons. The molecule has 0 saturated carbocycles. The number of rotatable bonds is 5. The van der Waals surface area contributed by atoms with Gasteiger partial charge in [0.2, 0.25) is 0 Å². The van der Waals surface area contributed by atoms with Crippen LogP contribution in [0.3, 0.4) is 0 Å². The molecule has 0 aromatic rings. The molecule has 0 heterocycles. The standard InChI is InChI=1S/C2H8N2O4/c3-7-5-1-2-6-8-4/h1-4H2. The molecule has 4 N–H and O–H groups in total. The van der Waals surface area contributed by atoms with Crippen molar-refractivity contribution < 1.29 is 19.8 Å². The predicted octanol–water partition coefficient (Wildman–Crippen LogP) is -1.37. The first-order valence-corrected chi connectivity index (χ1v) is 1.88. The van der Waals surface area contributed by atoms with E-state index >= 15 is 0 Å². The van der Waals surface area contributed by atoms with Gasteiger partial charge in [-0.2, -0.15) is 11.8 Å². The molecule has 6 heteroatoms. The third-order valence-corrected chi connectivity index (χ3v) is 0.386. The van der Waals surface area contributed by atoms with Gasteiger partial charge in [-0.3, -0.25) is 0 Å². The van der Waals surface area contributed by atoms with Crippen LogP contribution in [0.5, 0.6) is 0 Å². The van der Waals surface area contributed by atoms with E-state index in [-0.39, 0.29) is 13.2 Å². The Hall–Kier alpha value is -0.240. The summed E-state index contributed by atoms with van der Waals surface area (Å²) in [5.74, 6) is 8.92. The van der Waals surface area contributed by atoms with Gasteiger partial charge in [-0.15, -0.1) is 9.98 Å². The minimum absolute atomic E-state index is 0.174. The van der Waals surface area contributed by atoms with Crippen LogP contribution in [-0.4, -0.2) is 13.2 Å². The van der Waals surface area contributed by atoms with E-state index in [1.807, 2.05) is 0 Å². The number of hydrogen-bond donors (Lipinski definition) is 2. The summed E-state index contributed by atoms with van der Waals surface area (Å²) in [6, 6.07) is 0. The maximum absolute atomic E-state index is 4.46. The van der Waals surface area contributed by atoms with Crippen LogP contribution in [0.4, 0.5) is 0 Å². The second-order valence-corrected chi connectivity index (χ2v) is 0.836. The van der Waals surface area contributed by atoms with Crippen LogP contribution in [0.25, 0.3) is 0 Å². The van der Waals surface area contributed by atoms with Crippen LogP contribution in [-0.2, 0) is 19.8 Å². The van der Waals surface area contributed by atoms with Crippen LogP contribution in [0.1, 0.15) is 0 Å². The number of hydrogen-bond acceptors (Lipinski definition) is 6. The molecule has 0 spiro atoms. The first-order chi connectivity index (χ1) is 3.91. The first-order valence-electron chi connectivity index (χ1n) is 1.88. The topological polar surface area (TPSA) is 89.0 Å². The highest BCUT2D eigenvalue weighted by Gasteiger charge is 1.84. The lowest BCUT2D eigenvalue weighted by atomic mass is 10.8. The summed E-state index contributed by atoms with van der Waals surface area (Å²) < 4.78 is 0. The van der Waals surface area contributed by atoms with Crippen molar-refractivity contribution in [1.29, 1.82) is 0 Å². The molecular formula is C2H8N2O4. The molecule has 8 heavy (non-hydrogen) atoms. The third-order valence-electron chi connectivity index (χ3n) is 0.386.